The van der Waals surface area contributed by atoms with Crippen LogP contribution in [-0.4, -0.2) is 33.7 Å². The van der Waals surface area contributed by atoms with Crippen molar-refractivity contribution in [2.75, 3.05) is 12.5 Å². The van der Waals surface area contributed by atoms with Crippen LogP contribution in [0.15, 0.2) is 47.7 Å². The second-order valence-electron chi connectivity index (χ2n) is 4.74. The van der Waals surface area contributed by atoms with Crippen LogP contribution in [0.3, 0.4) is 0 Å². The number of aromatic nitrogens is 2. The molecule has 2 aromatic carbocycles. The molecule has 7 nitrogen and oxygen atoms in total. The molecule has 124 valence electrons. The summed E-state index contributed by atoms with van der Waals surface area (Å²) in [4.78, 5) is 0. The number of nitrogens with one attached hydrogen (secondary N) is 1. The molecule has 0 fully saturated rings. The van der Waals surface area contributed by atoms with Crippen LogP contribution in [0.25, 0.3) is 10.8 Å². The lowest BCUT2D eigenvalue weighted by Crippen LogP contribution is -1.96. The first-order valence-corrected chi connectivity index (χ1v) is 6.78. The van der Waals surface area contributed by atoms with Crippen molar-refractivity contribution in [1.29, 1.82) is 0 Å². The highest BCUT2D eigenvalue weighted by Crippen LogP contribution is 2.35. The van der Waals surface area contributed by atoms with Crippen LogP contribution in [0.1, 0.15) is 5.56 Å². The molecule has 0 saturated heterocycles. The van der Waals surface area contributed by atoms with E-state index in [0.717, 1.165) is 10.8 Å². The molecular formula is C16H15ClN4O3. The zero-order chi connectivity index (χ0) is 16.2. The Bertz CT molecular complexity index is 881. The number of hydrazone groups is 1. The van der Waals surface area contributed by atoms with E-state index >= 15 is 0 Å². The zero-order valence-electron chi connectivity index (χ0n) is 12.7. The van der Waals surface area contributed by atoms with Crippen LogP contribution in [-0.2, 0) is 0 Å². The first-order valence-electron chi connectivity index (χ1n) is 6.78. The molecule has 1 heterocycles. The molecule has 3 rings (SSSR count). The number of aromatic hydroxyl groups is 2. The Balaban J connectivity index is 0.00000208. The Kier molecular flexibility index (Phi) is 5.39. The van der Waals surface area contributed by atoms with Crippen molar-refractivity contribution in [3.05, 3.63) is 48.2 Å². The monoisotopic (exact) mass is 346 g/mol. The average Bonchev–Trinajstić information content (AvgIpc) is 2.58. The van der Waals surface area contributed by atoms with Gasteiger partial charge in [0.15, 0.2) is 17.3 Å². The van der Waals surface area contributed by atoms with Crippen molar-refractivity contribution < 1.29 is 14.9 Å². The second-order valence-corrected chi connectivity index (χ2v) is 4.74. The van der Waals surface area contributed by atoms with Crippen molar-refractivity contribution in [1.82, 2.24) is 10.2 Å². The van der Waals surface area contributed by atoms with Gasteiger partial charge in [0.05, 0.1) is 19.5 Å². The third kappa shape index (κ3) is 3.47. The minimum absolute atomic E-state index is 0. The number of benzene rings is 2. The molecule has 0 atom stereocenters. The molecule has 0 aliphatic rings. The minimum Gasteiger partial charge on any atom is -0.504 e. The molecule has 0 spiro atoms. The number of phenols is 2. The molecule has 0 radical (unpaired) electrons. The fourth-order valence-corrected chi connectivity index (χ4v) is 2.12. The number of phenolic OH excluding ortho intramolecular Hbond substituents is 2. The van der Waals surface area contributed by atoms with Gasteiger partial charge in [-0.15, -0.1) is 17.5 Å². The summed E-state index contributed by atoms with van der Waals surface area (Å²) >= 11 is 0. The van der Waals surface area contributed by atoms with Gasteiger partial charge in [-0.2, -0.15) is 10.2 Å². The van der Waals surface area contributed by atoms with Crippen LogP contribution in [0.2, 0.25) is 0 Å². The maximum Gasteiger partial charge on any atom is 0.200 e. The van der Waals surface area contributed by atoms with E-state index in [1.165, 1.54) is 19.4 Å². The van der Waals surface area contributed by atoms with E-state index < -0.39 is 0 Å². The molecule has 3 aromatic rings. The Hall–Kier alpha value is -3.06. The third-order valence-electron chi connectivity index (χ3n) is 3.25. The van der Waals surface area contributed by atoms with E-state index in [-0.39, 0.29) is 29.7 Å². The van der Waals surface area contributed by atoms with Gasteiger partial charge in [0, 0.05) is 16.3 Å². The molecule has 0 unspecified atom stereocenters. The maximum atomic E-state index is 9.64. The van der Waals surface area contributed by atoms with Crippen LogP contribution in [0.5, 0.6) is 17.2 Å². The summed E-state index contributed by atoms with van der Waals surface area (Å²) in [6.07, 6.45) is 3.15. The standard InChI is InChI=1S/C16H14N4O3.ClH/c1-23-14-7-10(6-13(21)15(14)22)8-17-19-16-12-5-3-2-4-11(12)9-18-20-16;/h2-9,21-22H,1H3,(H,19,20);1H/b17-8+;. The normalized spacial score (nSPS) is 10.5. The lowest BCUT2D eigenvalue weighted by molar-refractivity contribution is 0.351. The Morgan fingerprint density at radius 1 is 1.21 bits per heavy atom. The molecule has 8 heteroatoms. The summed E-state index contributed by atoms with van der Waals surface area (Å²) in [6.45, 7) is 0. The van der Waals surface area contributed by atoms with E-state index in [1.54, 1.807) is 12.3 Å². The maximum absolute atomic E-state index is 9.64. The number of rotatable bonds is 4. The van der Waals surface area contributed by atoms with E-state index in [9.17, 15) is 10.2 Å². The third-order valence-corrected chi connectivity index (χ3v) is 3.25. The van der Waals surface area contributed by atoms with Gasteiger partial charge in [-0.1, -0.05) is 24.3 Å². The summed E-state index contributed by atoms with van der Waals surface area (Å²) < 4.78 is 4.97. The number of methoxy groups -OCH3 is 1. The van der Waals surface area contributed by atoms with Crippen molar-refractivity contribution in [2.24, 2.45) is 5.10 Å². The number of fused-ring (bicyclic) bond motifs is 1. The van der Waals surface area contributed by atoms with E-state index in [2.05, 4.69) is 20.7 Å². The van der Waals surface area contributed by atoms with Gasteiger partial charge < -0.3 is 14.9 Å². The van der Waals surface area contributed by atoms with Crippen LogP contribution in [0, 0.1) is 0 Å². The van der Waals surface area contributed by atoms with Crippen molar-refractivity contribution >= 4 is 35.2 Å². The van der Waals surface area contributed by atoms with Gasteiger partial charge in [0.25, 0.3) is 0 Å². The SMILES string of the molecule is COc1cc(/C=N/Nc2nncc3ccccc23)cc(O)c1O.Cl. The van der Waals surface area contributed by atoms with Crippen LogP contribution < -0.4 is 10.2 Å². The molecule has 0 aliphatic carbocycles. The van der Waals surface area contributed by atoms with E-state index in [4.69, 9.17) is 4.74 Å². The minimum atomic E-state index is -0.308. The van der Waals surface area contributed by atoms with Gasteiger partial charge in [0.2, 0.25) is 5.75 Å². The van der Waals surface area contributed by atoms with Crippen molar-refractivity contribution in [3.63, 3.8) is 0 Å². The second kappa shape index (κ2) is 7.47. The molecule has 0 bridgehead atoms. The summed E-state index contributed by atoms with van der Waals surface area (Å²) in [7, 11) is 1.40. The predicted octanol–water partition coefficient (Wildman–Crippen LogP) is 2.92. The summed E-state index contributed by atoms with van der Waals surface area (Å²) in [6, 6.07) is 10.6. The lowest BCUT2D eigenvalue weighted by Gasteiger charge is -2.06. The molecule has 0 aliphatic heterocycles. The summed E-state index contributed by atoms with van der Waals surface area (Å²) in [5.74, 6) is 0.0963. The summed E-state index contributed by atoms with van der Waals surface area (Å²) in [5, 5.41) is 33.1. The number of nitrogens with zero attached hydrogens (tertiary/aromatic N) is 3. The van der Waals surface area contributed by atoms with E-state index in [0.29, 0.717) is 11.4 Å². The average molecular weight is 347 g/mol. The quantitative estimate of drug-likeness (QED) is 0.381. The molecule has 1 aromatic heterocycles. The zero-order valence-corrected chi connectivity index (χ0v) is 13.5. The first kappa shape index (κ1) is 17.3. The molecule has 24 heavy (non-hydrogen) atoms. The van der Waals surface area contributed by atoms with Gasteiger partial charge in [-0.25, -0.2) is 0 Å². The lowest BCUT2D eigenvalue weighted by atomic mass is 10.2. The number of ether oxygens (including phenoxy) is 1. The fraction of sp³-hybridized carbons (Fsp3) is 0.0625. The highest BCUT2D eigenvalue weighted by molar-refractivity contribution is 5.91. The Morgan fingerprint density at radius 2 is 2.00 bits per heavy atom. The summed E-state index contributed by atoms with van der Waals surface area (Å²) in [5.41, 5.74) is 3.37. The first-order chi connectivity index (χ1) is 11.2. The highest BCUT2D eigenvalue weighted by atomic mass is 35.5. The predicted molar refractivity (Wildman–Crippen MR) is 94.3 cm³/mol. The smallest absolute Gasteiger partial charge is 0.200 e. The van der Waals surface area contributed by atoms with Crippen LogP contribution in [0.4, 0.5) is 5.82 Å². The number of hydrogen-bond donors (Lipinski definition) is 3. The number of hydrogen-bond acceptors (Lipinski definition) is 7. The number of anilines is 1. The largest absolute Gasteiger partial charge is 0.504 e. The number of halogens is 1. The molecular weight excluding hydrogens is 332 g/mol. The fourth-order valence-electron chi connectivity index (χ4n) is 2.12. The Labute approximate surface area is 144 Å². The van der Waals surface area contributed by atoms with Gasteiger partial charge in [0.1, 0.15) is 0 Å². The molecule has 0 amide bonds. The highest BCUT2D eigenvalue weighted by Gasteiger charge is 2.08. The van der Waals surface area contributed by atoms with Gasteiger partial charge >= 0.3 is 0 Å². The van der Waals surface area contributed by atoms with E-state index in [1.807, 2.05) is 24.3 Å². The topological polar surface area (TPSA) is 99.9 Å². The van der Waals surface area contributed by atoms with Crippen molar-refractivity contribution in [3.8, 4) is 17.2 Å². The van der Waals surface area contributed by atoms with Gasteiger partial charge in [-0.3, -0.25) is 5.43 Å². The Morgan fingerprint density at radius 3 is 2.79 bits per heavy atom. The molecule has 0 saturated carbocycles. The van der Waals surface area contributed by atoms with Crippen LogP contribution >= 0.6 is 12.4 Å². The van der Waals surface area contributed by atoms with Gasteiger partial charge in [-0.05, 0) is 12.1 Å². The molecule has 3 N–H and O–H groups in total. The van der Waals surface area contributed by atoms with Crippen molar-refractivity contribution in [2.45, 2.75) is 0 Å².